The molecule has 0 spiro atoms. The molecule has 0 aliphatic carbocycles. The number of aromatic nitrogens is 3. The molecule has 2 aromatic rings. The highest BCUT2D eigenvalue weighted by molar-refractivity contribution is 5.33. The van der Waals surface area contributed by atoms with Crippen LogP contribution in [0.1, 0.15) is 6.42 Å². The Kier molecular flexibility index (Phi) is 3.05. The predicted molar refractivity (Wildman–Crippen MR) is 62.0 cm³/mol. The summed E-state index contributed by atoms with van der Waals surface area (Å²) in [7, 11) is 0. The number of hydrogen-bond acceptors (Lipinski definition) is 3. The normalized spacial score (nSPS) is 10.5. The first-order valence-corrected chi connectivity index (χ1v) is 5.17. The van der Waals surface area contributed by atoms with Crippen LogP contribution >= 0.6 is 0 Å². The van der Waals surface area contributed by atoms with Gasteiger partial charge in [-0.15, -0.1) is 0 Å². The molecule has 2 aromatic heterocycles. The Balaban J connectivity index is 1.90. The number of pyridine rings is 1. The summed E-state index contributed by atoms with van der Waals surface area (Å²) in [5.74, 6) is 0. The zero-order valence-electron chi connectivity index (χ0n) is 8.91. The van der Waals surface area contributed by atoms with E-state index in [0.717, 1.165) is 19.5 Å². The number of nitrogen functional groups attached to an aromatic ring is 1. The van der Waals surface area contributed by atoms with E-state index in [9.17, 15) is 4.79 Å². The Bertz CT molecular complexity index is 501. The maximum atomic E-state index is 11.1. The molecule has 0 atom stereocenters. The van der Waals surface area contributed by atoms with Gasteiger partial charge in [-0.3, -0.25) is 4.79 Å². The van der Waals surface area contributed by atoms with Crippen LogP contribution in [0.2, 0.25) is 0 Å². The number of rotatable bonds is 4. The molecule has 2 N–H and O–H groups in total. The molecule has 0 fully saturated rings. The van der Waals surface area contributed by atoms with Gasteiger partial charge in [-0.1, -0.05) is 0 Å². The third kappa shape index (κ3) is 2.50. The second-order valence-corrected chi connectivity index (χ2v) is 3.66. The van der Waals surface area contributed by atoms with E-state index in [4.69, 9.17) is 5.73 Å². The summed E-state index contributed by atoms with van der Waals surface area (Å²) in [4.78, 5) is 15.0. The van der Waals surface area contributed by atoms with Gasteiger partial charge in [0, 0.05) is 43.9 Å². The molecule has 0 unspecified atom stereocenters. The molecule has 84 valence electrons. The number of nitrogens with two attached hydrogens (primary N) is 1. The fourth-order valence-electron chi connectivity index (χ4n) is 1.54. The maximum absolute atomic E-state index is 11.1. The van der Waals surface area contributed by atoms with Crippen LogP contribution in [0.25, 0.3) is 0 Å². The molecule has 0 amide bonds. The van der Waals surface area contributed by atoms with Crippen LogP contribution in [0.4, 0.5) is 5.69 Å². The van der Waals surface area contributed by atoms with Gasteiger partial charge in [0.15, 0.2) is 0 Å². The summed E-state index contributed by atoms with van der Waals surface area (Å²) in [5.41, 5.74) is 5.72. The number of aryl methyl sites for hydroxylation is 2. The van der Waals surface area contributed by atoms with E-state index in [1.54, 1.807) is 24.9 Å². The van der Waals surface area contributed by atoms with E-state index >= 15 is 0 Å². The lowest BCUT2D eigenvalue weighted by Gasteiger charge is -2.07. The highest BCUT2D eigenvalue weighted by atomic mass is 16.1. The van der Waals surface area contributed by atoms with Crippen molar-refractivity contribution in [2.24, 2.45) is 0 Å². The Morgan fingerprint density at radius 1 is 1.25 bits per heavy atom. The number of anilines is 1. The zero-order valence-corrected chi connectivity index (χ0v) is 8.91. The largest absolute Gasteiger partial charge is 0.394 e. The van der Waals surface area contributed by atoms with Gasteiger partial charge in [-0.2, -0.15) is 0 Å². The van der Waals surface area contributed by atoms with Gasteiger partial charge in [0.2, 0.25) is 5.43 Å². The molecule has 0 bridgehead atoms. The fourth-order valence-corrected chi connectivity index (χ4v) is 1.54. The monoisotopic (exact) mass is 218 g/mol. The summed E-state index contributed by atoms with van der Waals surface area (Å²) in [6.45, 7) is 1.74. The van der Waals surface area contributed by atoms with Crippen molar-refractivity contribution in [1.82, 2.24) is 14.1 Å². The SMILES string of the molecule is Nc1cn(CCCn2ccnc2)ccc1=O. The van der Waals surface area contributed by atoms with E-state index in [-0.39, 0.29) is 5.43 Å². The topological polar surface area (TPSA) is 65.8 Å². The smallest absolute Gasteiger partial charge is 0.204 e. The Labute approximate surface area is 93.2 Å². The summed E-state index contributed by atoms with van der Waals surface area (Å²) in [6.07, 6.45) is 9.89. The third-order valence-corrected chi connectivity index (χ3v) is 2.40. The second kappa shape index (κ2) is 4.65. The first-order chi connectivity index (χ1) is 7.75. The summed E-state index contributed by atoms with van der Waals surface area (Å²) in [6, 6.07) is 1.49. The van der Waals surface area contributed by atoms with Crippen molar-refractivity contribution in [1.29, 1.82) is 0 Å². The molecule has 0 radical (unpaired) electrons. The average Bonchev–Trinajstić information content (AvgIpc) is 2.76. The number of hydrogen-bond donors (Lipinski definition) is 1. The molecular formula is C11H14N4O. The van der Waals surface area contributed by atoms with Gasteiger partial charge in [0.1, 0.15) is 0 Å². The van der Waals surface area contributed by atoms with Crippen molar-refractivity contribution in [2.75, 3.05) is 5.73 Å². The van der Waals surface area contributed by atoms with Crippen LogP contribution in [-0.4, -0.2) is 14.1 Å². The van der Waals surface area contributed by atoms with Gasteiger partial charge >= 0.3 is 0 Å². The Hall–Kier alpha value is -2.04. The first kappa shape index (κ1) is 10.5. The van der Waals surface area contributed by atoms with Crippen molar-refractivity contribution < 1.29 is 0 Å². The van der Waals surface area contributed by atoms with Crippen molar-refractivity contribution in [2.45, 2.75) is 19.5 Å². The zero-order chi connectivity index (χ0) is 11.4. The van der Waals surface area contributed by atoms with Crippen LogP contribution in [-0.2, 0) is 13.1 Å². The minimum Gasteiger partial charge on any atom is -0.394 e. The molecule has 16 heavy (non-hydrogen) atoms. The van der Waals surface area contributed by atoms with Crippen molar-refractivity contribution in [3.8, 4) is 0 Å². The van der Waals surface area contributed by atoms with Crippen LogP contribution in [0.15, 0.2) is 42.0 Å². The number of imidazole rings is 1. The summed E-state index contributed by atoms with van der Waals surface area (Å²) >= 11 is 0. The highest BCUT2D eigenvalue weighted by Crippen LogP contribution is 1.97. The van der Waals surface area contributed by atoms with Crippen molar-refractivity contribution in [3.05, 3.63) is 47.4 Å². The van der Waals surface area contributed by atoms with Crippen molar-refractivity contribution >= 4 is 5.69 Å². The molecule has 2 rings (SSSR count). The minimum absolute atomic E-state index is 0.120. The lowest BCUT2D eigenvalue weighted by atomic mass is 10.3. The molecule has 0 aliphatic rings. The van der Waals surface area contributed by atoms with Gasteiger partial charge in [0.25, 0.3) is 0 Å². The molecule has 0 aliphatic heterocycles. The van der Waals surface area contributed by atoms with Gasteiger partial charge in [0.05, 0.1) is 12.0 Å². The number of nitrogens with zero attached hydrogens (tertiary/aromatic N) is 3. The van der Waals surface area contributed by atoms with Gasteiger partial charge in [-0.05, 0) is 6.42 Å². The second-order valence-electron chi connectivity index (χ2n) is 3.66. The minimum atomic E-state index is -0.120. The lowest BCUT2D eigenvalue weighted by molar-refractivity contribution is 0.562. The van der Waals surface area contributed by atoms with E-state index in [1.165, 1.54) is 6.07 Å². The fraction of sp³-hybridized carbons (Fsp3) is 0.273. The standard InChI is InChI=1S/C11H14N4O/c12-10-8-14(6-2-11(10)16)4-1-5-15-7-3-13-9-15/h2-3,6-9H,1,4-5,12H2. The quantitative estimate of drug-likeness (QED) is 0.822. The third-order valence-electron chi connectivity index (χ3n) is 2.40. The molecule has 5 heteroatoms. The molecule has 0 saturated carbocycles. The van der Waals surface area contributed by atoms with E-state index in [1.807, 2.05) is 15.3 Å². The summed E-state index contributed by atoms with van der Waals surface area (Å²) in [5, 5.41) is 0. The molecule has 0 saturated heterocycles. The molecule has 0 aromatic carbocycles. The van der Waals surface area contributed by atoms with Crippen molar-refractivity contribution in [3.63, 3.8) is 0 Å². The van der Waals surface area contributed by atoms with E-state index < -0.39 is 0 Å². The Morgan fingerprint density at radius 2 is 2.06 bits per heavy atom. The first-order valence-electron chi connectivity index (χ1n) is 5.17. The van der Waals surface area contributed by atoms with Gasteiger partial charge in [-0.25, -0.2) is 4.98 Å². The van der Waals surface area contributed by atoms with Crippen LogP contribution in [0.3, 0.4) is 0 Å². The average molecular weight is 218 g/mol. The molecular weight excluding hydrogens is 204 g/mol. The maximum Gasteiger partial charge on any atom is 0.204 e. The molecule has 2 heterocycles. The van der Waals surface area contributed by atoms with E-state index in [2.05, 4.69) is 4.98 Å². The van der Waals surface area contributed by atoms with E-state index in [0.29, 0.717) is 5.69 Å². The van der Waals surface area contributed by atoms with Crippen LogP contribution in [0, 0.1) is 0 Å². The Morgan fingerprint density at radius 3 is 2.75 bits per heavy atom. The van der Waals surface area contributed by atoms with Crippen LogP contribution in [0.5, 0.6) is 0 Å². The summed E-state index contributed by atoms with van der Waals surface area (Å²) < 4.78 is 3.94. The molecule has 5 nitrogen and oxygen atoms in total. The van der Waals surface area contributed by atoms with Gasteiger partial charge < -0.3 is 14.9 Å². The predicted octanol–water partition coefficient (Wildman–Crippen LogP) is 0.717. The highest BCUT2D eigenvalue weighted by Gasteiger charge is 1.95. The van der Waals surface area contributed by atoms with Crippen LogP contribution < -0.4 is 11.2 Å². The lowest BCUT2D eigenvalue weighted by Crippen LogP contribution is -2.11.